The van der Waals surface area contributed by atoms with Gasteiger partial charge in [0.05, 0.1) is 33.9 Å². The lowest BCUT2D eigenvalue weighted by molar-refractivity contribution is -0.115. The smallest absolute Gasteiger partial charge is 0.282 e. The summed E-state index contributed by atoms with van der Waals surface area (Å²) in [4.78, 5) is 28.2. The number of amides is 2. The van der Waals surface area contributed by atoms with Crippen molar-refractivity contribution in [3.63, 3.8) is 0 Å². The number of hydrogen-bond acceptors (Lipinski definition) is 7. The standard InChI is InChI=1S/C36H32N6O2S/c1-23-7-5-9-29(19-23)41-35(43)33(25(3)39-41)21-37-27-11-15-31(16-12-27)45-32-17-13-28(14-18-32)38-22-34-26(4)40-42(36(34)44)30-10-6-8-24(2)20-30/h5-22,37-38H,1-4H3/b33-21+,34-22+. The number of nitrogens with zero attached hydrogens (tertiary/aromatic N) is 4. The average molecular weight is 613 g/mol. The summed E-state index contributed by atoms with van der Waals surface area (Å²) in [6, 6.07) is 31.5. The third-order valence-electron chi connectivity index (χ3n) is 7.33. The molecule has 0 aliphatic carbocycles. The molecule has 0 spiro atoms. The lowest BCUT2D eigenvalue weighted by Gasteiger charge is -2.12. The molecule has 6 rings (SSSR count). The van der Waals surface area contributed by atoms with Gasteiger partial charge in [-0.25, -0.2) is 0 Å². The third-order valence-corrected chi connectivity index (χ3v) is 8.34. The highest BCUT2D eigenvalue weighted by Crippen LogP contribution is 2.30. The highest BCUT2D eigenvalue weighted by Gasteiger charge is 2.29. The third kappa shape index (κ3) is 6.58. The Hall–Kier alpha value is -5.41. The van der Waals surface area contributed by atoms with E-state index in [1.54, 1.807) is 24.2 Å². The quantitative estimate of drug-likeness (QED) is 0.198. The maximum absolute atomic E-state index is 13.0. The van der Waals surface area contributed by atoms with Crippen molar-refractivity contribution in [2.75, 3.05) is 20.7 Å². The van der Waals surface area contributed by atoms with Crippen LogP contribution in [0, 0.1) is 13.8 Å². The number of benzene rings is 4. The van der Waals surface area contributed by atoms with Crippen LogP contribution in [0.5, 0.6) is 0 Å². The summed E-state index contributed by atoms with van der Waals surface area (Å²) < 4.78 is 0. The first kappa shape index (κ1) is 29.7. The molecular weight excluding hydrogens is 581 g/mol. The zero-order valence-corrected chi connectivity index (χ0v) is 26.2. The summed E-state index contributed by atoms with van der Waals surface area (Å²) in [6.07, 6.45) is 3.43. The summed E-state index contributed by atoms with van der Waals surface area (Å²) in [6.45, 7) is 7.65. The molecule has 2 heterocycles. The SMILES string of the molecule is CC1=NN(c2cccc(C)c2)C(=O)/C1=C/Nc1ccc(Sc2ccc(N/C=C3/C(=O)N(c4cccc(C)c4)N=C3C)cc2)cc1. The number of hydrazone groups is 2. The van der Waals surface area contributed by atoms with Crippen LogP contribution in [0.3, 0.4) is 0 Å². The van der Waals surface area contributed by atoms with Gasteiger partial charge in [0.25, 0.3) is 11.8 Å². The van der Waals surface area contributed by atoms with E-state index in [0.717, 1.165) is 43.7 Å². The Kier molecular flexibility index (Phi) is 8.35. The Bertz CT molecular complexity index is 1770. The van der Waals surface area contributed by atoms with Crippen molar-refractivity contribution in [2.24, 2.45) is 10.2 Å². The van der Waals surface area contributed by atoms with Crippen LogP contribution in [0.2, 0.25) is 0 Å². The minimum absolute atomic E-state index is 0.158. The van der Waals surface area contributed by atoms with Gasteiger partial charge in [-0.05, 0) is 112 Å². The summed E-state index contributed by atoms with van der Waals surface area (Å²) >= 11 is 1.65. The molecule has 4 aromatic carbocycles. The van der Waals surface area contributed by atoms with Gasteiger partial charge in [-0.1, -0.05) is 36.0 Å². The van der Waals surface area contributed by atoms with Gasteiger partial charge < -0.3 is 10.6 Å². The maximum Gasteiger partial charge on any atom is 0.282 e. The molecule has 2 N–H and O–H groups in total. The molecule has 224 valence electrons. The predicted octanol–water partition coefficient (Wildman–Crippen LogP) is 7.89. The first-order valence-electron chi connectivity index (χ1n) is 14.5. The lowest BCUT2D eigenvalue weighted by atomic mass is 10.1. The van der Waals surface area contributed by atoms with E-state index in [0.29, 0.717) is 22.6 Å². The molecule has 0 atom stereocenters. The summed E-state index contributed by atoms with van der Waals surface area (Å²) in [5, 5.41) is 18.3. The molecule has 2 amide bonds. The van der Waals surface area contributed by atoms with E-state index in [-0.39, 0.29) is 11.8 Å². The Balaban J connectivity index is 1.04. The van der Waals surface area contributed by atoms with Gasteiger partial charge in [-0.2, -0.15) is 20.2 Å². The van der Waals surface area contributed by atoms with E-state index in [2.05, 4.69) is 20.8 Å². The van der Waals surface area contributed by atoms with Crippen molar-refractivity contribution in [2.45, 2.75) is 37.5 Å². The number of carbonyl (C=O) groups excluding carboxylic acids is 2. The second-order valence-electron chi connectivity index (χ2n) is 10.8. The van der Waals surface area contributed by atoms with Crippen molar-refractivity contribution in [1.29, 1.82) is 0 Å². The number of hydrogen-bond donors (Lipinski definition) is 2. The van der Waals surface area contributed by atoms with Gasteiger partial charge in [0.15, 0.2) is 0 Å². The molecule has 0 aromatic heterocycles. The average Bonchev–Trinajstić information content (AvgIpc) is 3.49. The fourth-order valence-corrected chi connectivity index (χ4v) is 5.74. The Labute approximate surface area is 266 Å². The molecule has 0 saturated carbocycles. The van der Waals surface area contributed by atoms with Crippen molar-refractivity contribution >= 4 is 57.7 Å². The van der Waals surface area contributed by atoms with Crippen LogP contribution < -0.4 is 20.7 Å². The van der Waals surface area contributed by atoms with Crippen LogP contribution in [-0.4, -0.2) is 23.2 Å². The predicted molar refractivity (Wildman–Crippen MR) is 184 cm³/mol. The number of carbonyl (C=O) groups is 2. The van der Waals surface area contributed by atoms with Crippen LogP contribution >= 0.6 is 11.8 Å². The summed E-state index contributed by atoms with van der Waals surface area (Å²) in [5.74, 6) is -0.316. The molecule has 0 fully saturated rings. The molecule has 45 heavy (non-hydrogen) atoms. The van der Waals surface area contributed by atoms with E-state index >= 15 is 0 Å². The van der Waals surface area contributed by atoms with Crippen LogP contribution in [-0.2, 0) is 9.59 Å². The molecule has 0 radical (unpaired) electrons. The van der Waals surface area contributed by atoms with Crippen LogP contribution in [0.15, 0.2) is 141 Å². The van der Waals surface area contributed by atoms with Gasteiger partial charge >= 0.3 is 0 Å². The van der Waals surface area contributed by atoms with Crippen molar-refractivity contribution in [3.05, 3.63) is 132 Å². The van der Waals surface area contributed by atoms with Crippen LogP contribution in [0.25, 0.3) is 0 Å². The van der Waals surface area contributed by atoms with Crippen LogP contribution in [0.4, 0.5) is 22.7 Å². The van der Waals surface area contributed by atoms with Gasteiger partial charge in [0, 0.05) is 33.6 Å². The molecular formula is C36H32N6O2S. The second-order valence-corrected chi connectivity index (χ2v) is 12.0. The maximum atomic E-state index is 13.0. The van der Waals surface area contributed by atoms with Gasteiger partial charge in [-0.15, -0.1) is 0 Å². The van der Waals surface area contributed by atoms with E-state index in [9.17, 15) is 9.59 Å². The number of rotatable bonds is 8. The molecule has 8 nitrogen and oxygen atoms in total. The molecule has 0 saturated heterocycles. The number of nitrogens with one attached hydrogen (secondary N) is 2. The van der Waals surface area contributed by atoms with Crippen molar-refractivity contribution in [1.82, 2.24) is 0 Å². The zero-order chi connectivity index (χ0) is 31.5. The Morgan fingerprint density at radius 2 is 0.978 bits per heavy atom. The Morgan fingerprint density at radius 1 is 0.578 bits per heavy atom. The normalized spacial score (nSPS) is 16.4. The van der Waals surface area contributed by atoms with E-state index < -0.39 is 0 Å². The summed E-state index contributed by atoms with van der Waals surface area (Å²) in [5.41, 5.74) is 7.78. The highest BCUT2D eigenvalue weighted by atomic mass is 32.2. The molecule has 2 aliphatic heterocycles. The van der Waals surface area contributed by atoms with Crippen LogP contribution in [0.1, 0.15) is 25.0 Å². The molecule has 0 unspecified atom stereocenters. The monoisotopic (exact) mass is 612 g/mol. The first-order valence-corrected chi connectivity index (χ1v) is 15.3. The lowest BCUT2D eigenvalue weighted by Crippen LogP contribution is -2.21. The van der Waals surface area contributed by atoms with Crippen molar-refractivity contribution < 1.29 is 9.59 Å². The molecule has 2 aliphatic rings. The fraction of sp³-hybridized carbons (Fsp3) is 0.111. The summed E-state index contributed by atoms with van der Waals surface area (Å²) in [7, 11) is 0. The highest BCUT2D eigenvalue weighted by molar-refractivity contribution is 7.99. The largest absolute Gasteiger partial charge is 0.361 e. The van der Waals surface area contributed by atoms with E-state index in [1.807, 2.05) is 125 Å². The van der Waals surface area contributed by atoms with Gasteiger partial charge in [0.2, 0.25) is 0 Å². The minimum Gasteiger partial charge on any atom is -0.361 e. The van der Waals surface area contributed by atoms with Gasteiger partial charge in [-0.3, -0.25) is 9.59 Å². The Morgan fingerprint density at radius 3 is 1.36 bits per heavy atom. The molecule has 9 heteroatoms. The van der Waals surface area contributed by atoms with Crippen molar-refractivity contribution in [3.8, 4) is 0 Å². The number of anilines is 4. The number of aryl methyl sites for hydroxylation is 2. The first-order chi connectivity index (χ1) is 21.7. The van der Waals surface area contributed by atoms with Gasteiger partial charge in [0.1, 0.15) is 0 Å². The van der Waals surface area contributed by atoms with E-state index in [1.165, 1.54) is 10.0 Å². The fourth-order valence-electron chi connectivity index (χ4n) is 4.92. The van der Waals surface area contributed by atoms with E-state index in [4.69, 9.17) is 0 Å². The minimum atomic E-state index is -0.158. The molecule has 0 bridgehead atoms. The molecule has 4 aromatic rings. The second kappa shape index (κ2) is 12.7. The zero-order valence-electron chi connectivity index (χ0n) is 25.4. The topological polar surface area (TPSA) is 89.4 Å².